The van der Waals surface area contributed by atoms with Gasteiger partial charge >= 0.3 is 0 Å². The lowest BCUT2D eigenvalue weighted by molar-refractivity contribution is 0.0835. The molecular formula is C18H29N3O. The Kier molecular flexibility index (Phi) is 4.87. The summed E-state index contributed by atoms with van der Waals surface area (Å²) < 4.78 is 2.00. The van der Waals surface area contributed by atoms with Gasteiger partial charge in [-0.15, -0.1) is 0 Å². The van der Waals surface area contributed by atoms with Crippen LogP contribution in [0.2, 0.25) is 0 Å². The maximum atomic E-state index is 12.5. The van der Waals surface area contributed by atoms with E-state index < -0.39 is 0 Å². The van der Waals surface area contributed by atoms with E-state index in [9.17, 15) is 4.79 Å². The number of piperidine rings is 1. The van der Waals surface area contributed by atoms with E-state index in [-0.39, 0.29) is 5.91 Å². The summed E-state index contributed by atoms with van der Waals surface area (Å²) in [5.41, 5.74) is 1.86. The average Bonchev–Trinajstić information content (AvgIpc) is 2.88. The molecule has 3 rings (SSSR count). The highest BCUT2D eigenvalue weighted by molar-refractivity contribution is 5.95. The monoisotopic (exact) mass is 303 g/mol. The molecule has 4 heteroatoms. The maximum absolute atomic E-state index is 12.5. The minimum absolute atomic E-state index is 0.0913. The molecule has 4 nitrogen and oxygen atoms in total. The second-order valence-corrected chi connectivity index (χ2v) is 7.03. The van der Waals surface area contributed by atoms with Gasteiger partial charge in [-0.2, -0.15) is 0 Å². The van der Waals surface area contributed by atoms with Crippen LogP contribution < -0.4 is 5.32 Å². The Morgan fingerprint density at radius 1 is 1.18 bits per heavy atom. The van der Waals surface area contributed by atoms with Gasteiger partial charge in [0.1, 0.15) is 0 Å². The Hall–Kier alpha value is -1.29. The molecule has 122 valence electrons. The Morgan fingerprint density at radius 3 is 2.64 bits per heavy atom. The average molecular weight is 303 g/mol. The lowest BCUT2D eigenvalue weighted by Gasteiger charge is -2.40. The maximum Gasteiger partial charge on any atom is 0.253 e. The molecular weight excluding hydrogens is 274 g/mol. The van der Waals surface area contributed by atoms with Gasteiger partial charge in [-0.3, -0.25) is 9.69 Å². The summed E-state index contributed by atoms with van der Waals surface area (Å²) in [5, 5.41) is 3.26. The number of likely N-dealkylation sites (tertiary alicyclic amines) is 1. The second kappa shape index (κ2) is 6.86. The van der Waals surface area contributed by atoms with Gasteiger partial charge in [0.2, 0.25) is 0 Å². The molecule has 1 aromatic heterocycles. The molecule has 2 fully saturated rings. The van der Waals surface area contributed by atoms with Crippen LogP contribution in [0.5, 0.6) is 0 Å². The third kappa shape index (κ3) is 3.37. The van der Waals surface area contributed by atoms with Gasteiger partial charge in [-0.05, 0) is 45.2 Å². The molecule has 2 heterocycles. The van der Waals surface area contributed by atoms with E-state index >= 15 is 0 Å². The fourth-order valence-corrected chi connectivity index (χ4v) is 4.01. The first-order valence-corrected chi connectivity index (χ1v) is 8.82. The van der Waals surface area contributed by atoms with E-state index in [0.29, 0.717) is 6.04 Å². The molecule has 1 saturated carbocycles. The normalized spacial score (nSPS) is 24.4. The van der Waals surface area contributed by atoms with Crippen LogP contribution in [0.1, 0.15) is 61.0 Å². The number of hydrogen-bond donors (Lipinski definition) is 1. The largest absolute Gasteiger partial charge is 0.354 e. The number of hydrogen-bond acceptors (Lipinski definition) is 2. The van der Waals surface area contributed by atoms with Crippen molar-refractivity contribution in [2.24, 2.45) is 7.05 Å². The number of aryl methyl sites for hydroxylation is 1. The summed E-state index contributed by atoms with van der Waals surface area (Å²) in [6, 6.07) is 2.99. The number of nitrogens with one attached hydrogen (secondary N) is 1. The fraction of sp³-hybridized carbons (Fsp3) is 0.722. The van der Waals surface area contributed by atoms with Crippen molar-refractivity contribution in [3.8, 4) is 0 Å². The highest BCUT2D eigenvalue weighted by atomic mass is 16.1. The van der Waals surface area contributed by atoms with Gasteiger partial charge in [-0.25, -0.2) is 0 Å². The lowest BCUT2D eigenvalue weighted by Crippen LogP contribution is -2.51. The highest BCUT2D eigenvalue weighted by Crippen LogP contribution is 2.25. The number of carbonyl (C=O) groups is 1. The van der Waals surface area contributed by atoms with Crippen molar-refractivity contribution in [3.05, 3.63) is 23.5 Å². The van der Waals surface area contributed by atoms with Crippen molar-refractivity contribution < 1.29 is 4.79 Å². The van der Waals surface area contributed by atoms with Gasteiger partial charge in [0.25, 0.3) is 5.91 Å². The minimum Gasteiger partial charge on any atom is -0.354 e. The highest BCUT2D eigenvalue weighted by Gasteiger charge is 2.28. The topological polar surface area (TPSA) is 37.3 Å². The molecule has 1 unspecified atom stereocenters. The Bertz CT molecular complexity index is 516. The third-order valence-corrected chi connectivity index (χ3v) is 5.51. The van der Waals surface area contributed by atoms with E-state index in [0.717, 1.165) is 30.3 Å². The molecule has 1 aromatic rings. The first-order valence-electron chi connectivity index (χ1n) is 8.82. The summed E-state index contributed by atoms with van der Waals surface area (Å²) in [6.07, 6.45) is 11.1. The van der Waals surface area contributed by atoms with Crippen molar-refractivity contribution in [1.29, 1.82) is 0 Å². The van der Waals surface area contributed by atoms with Crippen molar-refractivity contribution in [3.63, 3.8) is 0 Å². The van der Waals surface area contributed by atoms with Crippen LogP contribution >= 0.6 is 0 Å². The summed E-state index contributed by atoms with van der Waals surface area (Å²) in [6.45, 7) is 4.24. The molecule has 22 heavy (non-hydrogen) atoms. The van der Waals surface area contributed by atoms with Crippen LogP contribution in [0.4, 0.5) is 0 Å². The van der Waals surface area contributed by atoms with E-state index in [1.165, 1.54) is 45.1 Å². The molecule has 0 spiro atoms. The summed E-state index contributed by atoms with van der Waals surface area (Å²) in [7, 11) is 1.98. The predicted octanol–water partition coefficient (Wildman–Crippen LogP) is 2.86. The Balaban J connectivity index is 1.58. The standard InChI is InChI=1S/C18H29N3O/c1-14-17(10-12-20(14)2)18(22)19-15-7-6-11-21(13-15)16-8-4-3-5-9-16/h10,12,15-16H,3-9,11,13H2,1-2H3,(H,19,22). The SMILES string of the molecule is Cc1c(C(=O)NC2CCCN(C3CCCCC3)C2)ccn1C. The van der Waals surface area contributed by atoms with Crippen LogP contribution in [-0.4, -0.2) is 40.5 Å². The van der Waals surface area contributed by atoms with Gasteiger partial charge in [0, 0.05) is 37.6 Å². The minimum atomic E-state index is 0.0913. The van der Waals surface area contributed by atoms with E-state index in [4.69, 9.17) is 0 Å². The molecule has 2 aliphatic rings. The smallest absolute Gasteiger partial charge is 0.253 e. The zero-order valence-electron chi connectivity index (χ0n) is 14.0. The fourth-order valence-electron chi connectivity index (χ4n) is 4.01. The van der Waals surface area contributed by atoms with Crippen molar-refractivity contribution >= 4 is 5.91 Å². The molecule has 1 saturated heterocycles. The van der Waals surface area contributed by atoms with Gasteiger partial charge < -0.3 is 9.88 Å². The van der Waals surface area contributed by atoms with Gasteiger partial charge in [0.05, 0.1) is 5.56 Å². The van der Waals surface area contributed by atoms with Crippen LogP contribution in [0.15, 0.2) is 12.3 Å². The van der Waals surface area contributed by atoms with Crippen LogP contribution in [0, 0.1) is 6.92 Å². The number of amides is 1. The molecule has 0 bridgehead atoms. The second-order valence-electron chi connectivity index (χ2n) is 7.03. The zero-order chi connectivity index (χ0) is 15.5. The first kappa shape index (κ1) is 15.6. The van der Waals surface area contributed by atoms with Crippen molar-refractivity contribution in [2.75, 3.05) is 13.1 Å². The molecule has 1 N–H and O–H groups in total. The van der Waals surface area contributed by atoms with Crippen LogP contribution in [-0.2, 0) is 7.05 Å². The number of carbonyl (C=O) groups excluding carboxylic acids is 1. The molecule has 1 aliphatic carbocycles. The molecule has 1 amide bonds. The van der Waals surface area contributed by atoms with Gasteiger partial charge in [-0.1, -0.05) is 19.3 Å². The molecule has 1 atom stereocenters. The molecule has 0 radical (unpaired) electrons. The summed E-state index contributed by atoms with van der Waals surface area (Å²) in [4.78, 5) is 15.1. The summed E-state index contributed by atoms with van der Waals surface area (Å²) in [5.74, 6) is 0.0913. The number of aromatic nitrogens is 1. The van der Waals surface area contributed by atoms with Crippen LogP contribution in [0.25, 0.3) is 0 Å². The van der Waals surface area contributed by atoms with E-state index in [1.807, 2.05) is 30.8 Å². The van der Waals surface area contributed by atoms with E-state index in [1.54, 1.807) is 0 Å². The number of rotatable bonds is 3. The van der Waals surface area contributed by atoms with Crippen molar-refractivity contribution in [1.82, 2.24) is 14.8 Å². The number of nitrogens with zero attached hydrogens (tertiary/aromatic N) is 2. The predicted molar refractivity (Wildman–Crippen MR) is 89.1 cm³/mol. The van der Waals surface area contributed by atoms with Crippen molar-refractivity contribution in [2.45, 2.75) is 64.0 Å². The molecule has 0 aromatic carbocycles. The van der Waals surface area contributed by atoms with Crippen LogP contribution in [0.3, 0.4) is 0 Å². The lowest BCUT2D eigenvalue weighted by atomic mass is 9.92. The first-order chi connectivity index (χ1) is 10.6. The Labute approximate surface area is 133 Å². The quantitative estimate of drug-likeness (QED) is 0.932. The zero-order valence-corrected chi connectivity index (χ0v) is 14.0. The Morgan fingerprint density at radius 2 is 1.95 bits per heavy atom. The molecule has 1 aliphatic heterocycles. The third-order valence-electron chi connectivity index (χ3n) is 5.51. The van der Waals surface area contributed by atoms with E-state index in [2.05, 4.69) is 10.2 Å². The van der Waals surface area contributed by atoms with Gasteiger partial charge in [0.15, 0.2) is 0 Å². The summed E-state index contributed by atoms with van der Waals surface area (Å²) >= 11 is 0.